The summed E-state index contributed by atoms with van der Waals surface area (Å²) < 4.78 is 11.3. The van der Waals surface area contributed by atoms with E-state index in [0.29, 0.717) is 23.4 Å². The molecule has 21 heavy (non-hydrogen) atoms. The maximum Gasteiger partial charge on any atom is 0.334 e. The van der Waals surface area contributed by atoms with Crippen molar-refractivity contribution in [2.75, 3.05) is 0 Å². The van der Waals surface area contributed by atoms with Gasteiger partial charge in [-0.05, 0) is 12.5 Å². The first kappa shape index (κ1) is 13.8. The molecule has 0 spiro atoms. The summed E-state index contributed by atoms with van der Waals surface area (Å²) in [6, 6.07) is 9.50. The van der Waals surface area contributed by atoms with Crippen LogP contribution in [0.1, 0.15) is 12.2 Å². The van der Waals surface area contributed by atoms with Gasteiger partial charge in [-0.15, -0.1) is 0 Å². The molecule has 3 rings (SSSR count). The van der Waals surface area contributed by atoms with Crippen molar-refractivity contribution >= 4 is 21.9 Å². The van der Waals surface area contributed by atoms with Crippen LogP contribution in [-0.2, 0) is 16.1 Å². The summed E-state index contributed by atoms with van der Waals surface area (Å²) in [6.07, 6.45) is 6.14. The van der Waals surface area contributed by atoms with E-state index in [-0.39, 0.29) is 12.6 Å². The number of allylic oxidation sites excluding steroid dienone is 3. The molecule has 2 aromatic rings. The number of halogens is 1. The highest BCUT2D eigenvalue weighted by atomic mass is 79.9. The quantitative estimate of drug-likeness (QED) is 0.785. The molecule has 0 saturated heterocycles. The highest BCUT2D eigenvalue weighted by Gasteiger charge is 2.14. The van der Waals surface area contributed by atoms with Gasteiger partial charge in [0.1, 0.15) is 5.69 Å². The van der Waals surface area contributed by atoms with Crippen molar-refractivity contribution in [1.29, 1.82) is 0 Å². The van der Waals surface area contributed by atoms with Gasteiger partial charge in [0.2, 0.25) is 0 Å². The highest BCUT2D eigenvalue weighted by molar-refractivity contribution is 9.10. The summed E-state index contributed by atoms with van der Waals surface area (Å²) in [5.41, 5.74) is 2.29. The van der Waals surface area contributed by atoms with Crippen LogP contribution in [-0.4, -0.2) is 11.1 Å². The Morgan fingerprint density at radius 1 is 1.38 bits per heavy atom. The Labute approximate surface area is 130 Å². The molecule has 0 bridgehead atoms. The monoisotopic (exact) mass is 345 g/mol. The predicted molar refractivity (Wildman–Crippen MR) is 81.3 cm³/mol. The van der Waals surface area contributed by atoms with Crippen LogP contribution in [0, 0.1) is 0 Å². The zero-order chi connectivity index (χ0) is 14.7. The molecule has 1 aliphatic rings. The average molecular weight is 346 g/mol. The van der Waals surface area contributed by atoms with Gasteiger partial charge < -0.3 is 9.26 Å². The summed E-state index contributed by atoms with van der Waals surface area (Å²) in [7, 11) is 0. The lowest BCUT2D eigenvalue weighted by molar-refractivity contribution is -0.140. The lowest BCUT2D eigenvalue weighted by atomic mass is 10.1. The number of esters is 1. The van der Waals surface area contributed by atoms with E-state index >= 15 is 0 Å². The fourth-order valence-electron chi connectivity index (χ4n) is 2.00. The molecule has 1 aliphatic carbocycles. The van der Waals surface area contributed by atoms with Gasteiger partial charge in [0.05, 0.1) is 0 Å². The first-order valence-corrected chi connectivity index (χ1v) is 7.26. The molecule has 0 N–H and O–H groups in total. The fourth-order valence-corrected chi connectivity index (χ4v) is 2.49. The van der Waals surface area contributed by atoms with Gasteiger partial charge >= 0.3 is 5.97 Å². The fraction of sp³-hybridized carbons (Fsp3) is 0.125. The third kappa shape index (κ3) is 3.13. The van der Waals surface area contributed by atoms with Gasteiger partial charge in [0.15, 0.2) is 12.4 Å². The van der Waals surface area contributed by atoms with Crippen molar-refractivity contribution in [3.63, 3.8) is 0 Å². The topological polar surface area (TPSA) is 52.3 Å². The molecule has 106 valence electrons. The minimum Gasteiger partial charge on any atom is -0.454 e. The second kappa shape index (κ2) is 6.10. The first-order valence-electron chi connectivity index (χ1n) is 6.47. The number of hydrogen-bond acceptors (Lipinski definition) is 4. The van der Waals surface area contributed by atoms with Gasteiger partial charge in [-0.25, -0.2) is 4.79 Å². The van der Waals surface area contributed by atoms with E-state index in [2.05, 4.69) is 21.1 Å². The maximum absolute atomic E-state index is 11.7. The summed E-state index contributed by atoms with van der Waals surface area (Å²) in [5.74, 6) is 0.194. The molecule has 4 nitrogen and oxygen atoms in total. The predicted octanol–water partition coefficient (Wildman–Crippen LogP) is 4.03. The number of nitrogens with zero attached hydrogens (tertiary/aromatic N) is 1. The molecule has 0 amide bonds. The van der Waals surface area contributed by atoms with E-state index in [1.165, 1.54) is 0 Å². The zero-order valence-electron chi connectivity index (χ0n) is 11.1. The van der Waals surface area contributed by atoms with Crippen LogP contribution in [0.4, 0.5) is 0 Å². The number of ether oxygens (including phenoxy) is 1. The summed E-state index contributed by atoms with van der Waals surface area (Å²) in [5, 5.41) is 4.00. The molecule has 0 fully saturated rings. The van der Waals surface area contributed by atoms with Crippen molar-refractivity contribution in [2.45, 2.75) is 13.0 Å². The van der Waals surface area contributed by atoms with E-state index in [4.69, 9.17) is 9.26 Å². The summed E-state index contributed by atoms with van der Waals surface area (Å²) in [6.45, 7) is 0.0770. The number of carbonyl (C=O) groups excluding carboxylic acids is 1. The molecule has 1 aromatic heterocycles. The molecule has 0 aliphatic heterocycles. The summed E-state index contributed by atoms with van der Waals surface area (Å²) >= 11 is 3.47. The third-order valence-electron chi connectivity index (χ3n) is 3.09. The van der Waals surface area contributed by atoms with Crippen molar-refractivity contribution in [3.05, 3.63) is 64.4 Å². The molecule has 0 unspecified atom stereocenters. The summed E-state index contributed by atoms with van der Waals surface area (Å²) in [4.78, 5) is 11.7. The van der Waals surface area contributed by atoms with Crippen molar-refractivity contribution in [2.24, 2.45) is 0 Å². The molecule has 0 radical (unpaired) electrons. The second-order valence-electron chi connectivity index (χ2n) is 4.56. The minimum absolute atomic E-state index is 0.0770. The van der Waals surface area contributed by atoms with Crippen molar-refractivity contribution in [1.82, 2.24) is 5.16 Å². The molecular formula is C16H12BrNO3. The maximum atomic E-state index is 11.7. The normalized spacial score (nSPS) is 13.3. The van der Waals surface area contributed by atoms with Crippen molar-refractivity contribution in [3.8, 4) is 11.3 Å². The smallest absolute Gasteiger partial charge is 0.334 e. The van der Waals surface area contributed by atoms with Gasteiger partial charge in [-0.1, -0.05) is 57.5 Å². The number of rotatable bonds is 4. The average Bonchev–Trinajstić information content (AvgIpc) is 3.17. The molecular weight excluding hydrogens is 334 g/mol. The largest absolute Gasteiger partial charge is 0.454 e. The van der Waals surface area contributed by atoms with Crippen LogP contribution in [0.25, 0.3) is 11.3 Å². The van der Waals surface area contributed by atoms with Crippen LogP contribution in [0.3, 0.4) is 0 Å². The Kier molecular flexibility index (Phi) is 4.01. The van der Waals surface area contributed by atoms with E-state index < -0.39 is 0 Å². The third-order valence-corrected chi connectivity index (χ3v) is 3.78. The van der Waals surface area contributed by atoms with Gasteiger partial charge in [-0.2, -0.15) is 0 Å². The second-order valence-corrected chi connectivity index (χ2v) is 5.41. The molecule has 0 saturated carbocycles. The van der Waals surface area contributed by atoms with Gasteiger partial charge in [0, 0.05) is 21.7 Å². The lowest BCUT2D eigenvalue weighted by Crippen LogP contribution is -2.06. The van der Waals surface area contributed by atoms with Crippen molar-refractivity contribution < 1.29 is 14.1 Å². The van der Waals surface area contributed by atoms with Crippen LogP contribution < -0.4 is 0 Å². The lowest BCUT2D eigenvalue weighted by Gasteiger charge is -2.02. The first-order chi connectivity index (χ1) is 10.2. The Bertz CT molecular complexity index is 731. The highest BCUT2D eigenvalue weighted by Crippen LogP contribution is 2.27. The van der Waals surface area contributed by atoms with E-state index in [9.17, 15) is 4.79 Å². The molecule has 1 heterocycles. The number of carbonyl (C=O) groups is 1. The van der Waals surface area contributed by atoms with E-state index in [1.807, 2.05) is 36.4 Å². The van der Waals surface area contributed by atoms with Gasteiger partial charge in [-0.3, -0.25) is 0 Å². The number of aromatic nitrogens is 1. The Hall–Kier alpha value is -2.14. The number of hydrogen-bond donors (Lipinski definition) is 0. The van der Waals surface area contributed by atoms with Crippen LogP contribution in [0.15, 0.2) is 63.1 Å². The molecule has 5 heteroatoms. The molecule has 0 atom stereocenters. The number of benzene rings is 1. The SMILES string of the molecule is O=C(OCc1cc(-c2ccccc2Br)no1)C1=CC=CC1. The van der Waals surface area contributed by atoms with Crippen LogP contribution in [0.2, 0.25) is 0 Å². The van der Waals surface area contributed by atoms with Gasteiger partial charge in [0.25, 0.3) is 0 Å². The van der Waals surface area contributed by atoms with Crippen LogP contribution in [0.5, 0.6) is 0 Å². The van der Waals surface area contributed by atoms with E-state index in [1.54, 1.807) is 12.1 Å². The van der Waals surface area contributed by atoms with Crippen LogP contribution >= 0.6 is 15.9 Å². The Balaban J connectivity index is 1.66. The molecule has 1 aromatic carbocycles. The minimum atomic E-state index is -0.321. The standard InChI is InChI=1S/C16H12BrNO3/c17-14-8-4-3-7-13(14)15-9-12(21-18-15)10-20-16(19)11-5-1-2-6-11/h1-5,7-9H,6,10H2. The van der Waals surface area contributed by atoms with E-state index in [0.717, 1.165) is 10.0 Å². The zero-order valence-corrected chi connectivity index (χ0v) is 12.7. The Morgan fingerprint density at radius 2 is 2.24 bits per heavy atom. The Morgan fingerprint density at radius 3 is 3.00 bits per heavy atom.